The first-order chi connectivity index (χ1) is 19.4. The normalized spacial score (nSPS) is 13.7. The van der Waals surface area contributed by atoms with Crippen LogP contribution in [0.5, 0.6) is 0 Å². The van der Waals surface area contributed by atoms with Crippen molar-refractivity contribution in [3.63, 3.8) is 0 Å². The van der Waals surface area contributed by atoms with E-state index in [1.54, 1.807) is 0 Å². The first kappa shape index (κ1) is 24.2. The average Bonchev–Trinajstić information content (AvgIpc) is 3.41. The van der Waals surface area contributed by atoms with Crippen molar-refractivity contribution < 1.29 is 0 Å². The molecule has 0 amide bonds. The van der Waals surface area contributed by atoms with Crippen molar-refractivity contribution in [3.05, 3.63) is 135 Å². The quantitative estimate of drug-likeness (QED) is 0.177. The molecule has 1 heterocycles. The summed E-state index contributed by atoms with van der Waals surface area (Å²) in [7, 11) is 0. The van der Waals surface area contributed by atoms with Gasteiger partial charge in [0.2, 0.25) is 0 Å². The summed E-state index contributed by atoms with van der Waals surface area (Å²) in [6.07, 6.45) is 0. The lowest BCUT2D eigenvalue weighted by molar-refractivity contribution is 0.660. The van der Waals surface area contributed by atoms with E-state index < -0.39 is 0 Å². The Balaban J connectivity index is 1.36. The highest BCUT2D eigenvalue weighted by Gasteiger charge is 2.36. The van der Waals surface area contributed by atoms with E-state index in [4.69, 9.17) is 0 Å². The smallest absolute Gasteiger partial charge is 0.0541 e. The maximum Gasteiger partial charge on any atom is 0.0541 e. The van der Waals surface area contributed by atoms with E-state index in [1.165, 1.54) is 71.6 Å². The monoisotopic (exact) mass is 641 g/mol. The van der Waals surface area contributed by atoms with Crippen LogP contribution < -0.4 is 0 Å². The van der Waals surface area contributed by atoms with Crippen molar-refractivity contribution in [2.45, 2.75) is 19.3 Å². The number of halogens is 2. The second kappa shape index (κ2) is 8.67. The molecule has 0 aliphatic heterocycles. The minimum Gasteiger partial charge on any atom is -0.309 e. The van der Waals surface area contributed by atoms with Gasteiger partial charge < -0.3 is 4.57 Å². The molecule has 0 radical (unpaired) electrons. The van der Waals surface area contributed by atoms with Crippen LogP contribution in [0.2, 0.25) is 0 Å². The fourth-order valence-electron chi connectivity index (χ4n) is 6.79. The van der Waals surface area contributed by atoms with Gasteiger partial charge in [0.1, 0.15) is 0 Å². The maximum absolute atomic E-state index is 3.66. The van der Waals surface area contributed by atoms with Crippen LogP contribution >= 0.6 is 31.9 Å². The molecule has 0 saturated carbocycles. The zero-order valence-electron chi connectivity index (χ0n) is 22.2. The van der Waals surface area contributed by atoms with Gasteiger partial charge in [0.25, 0.3) is 0 Å². The van der Waals surface area contributed by atoms with Crippen molar-refractivity contribution in [3.8, 4) is 27.9 Å². The summed E-state index contributed by atoms with van der Waals surface area (Å²) >= 11 is 7.32. The Hall–Kier alpha value is -3.66. The summed E-state index contributed by atoms with van der Waals surface area (Å²) in [5, 5.41) is 5.16. The SMILES string of the molecule is CC1(C)c2cc(-n3c4ccccc4c4cc(-c5cc(Br)cc(Br)c5)ccc43)ccc2-c2c1ccc1ccccc21. The van der Waals surface area contributed by atoms with Crippen LogP contribution in [0.1, 0.15) is 25.0 Å². The average molecular weight is 643 g/mol. The third-order valence-corrected chi connectivity index (χ3v) is 9.59. The molecule has 0 atom stereocenters. The van der Waals surface area contributed by atoms with Crippen LogP contribution in [-0.4, -0.2) is 4.57 Å². The minimum atomic E-state index is -0.0787. The lowest BCUT2D eigenvalue weighted by atomic mass is 9.82. The Morgan fingerprint density at radius 1 is 0.550 bits per heavy atom. The third-order valence-electron chi connectivity index (χ3n) is 8.67. The molecule has 1 aromatic heterocycles. The molecule has 3 heteroatoms. The molecule has 7 aromatic rings. The molecule has 0 bridgehead atoms. The van der Waals surface area contributed by atoms with E-state index in [0.29, 0.717) is 0 Å². The maximum atomic E-state index is 3.66. The molecule has 1 aliphatic rings. The van der Waals surface area contributed by atoms with Crippen molar-refractivity contribution in [2.75, 3.05) is 0 Å². The van der Waals surface area contributed by atoms with Crippen LogP contribution in [0.15, 0.2) is 124 Å². The van der Waals surface area contributed by atoms with Crippen LogP contribution in [0.3, 0.4) is 0 Å². The molecule has 8 rings (SSSR count). The summed E-state index contributed by atoms with van der Waals surface area (Å²) in [5.41, 5.74) is 11.5. The Morgan fingerprint density at radius 3 is 2.10 bits per heavy atom. The van der Waals surface area contributed by atoms with Crippen LogP contribution in [0, 0.1) is 0 Å². The molecule has 1 aliphatic carbocycles. The lowest BCUT2D eigenvalue weighted by Gasteiger charge is -2.22. The number of benzene rings is 6. The number of aromatic nitrogens is 1. The number of nitrogens with zero attached hydrogens (tertiary/aromatic N) is 1. The predicted molar refractivity (Wildman–Crippen MR) is 177 cm³/mol. The van der Waals surface area contributed by atoms with Crippen molar-refractivity contribution in [1.29, 1.82) is 0 Å². The van der Waals surface area contributed by atoms with Crippen LogP contribution in [-0.2, 0) is 5.41 Å². The largest absolute Gasteiger partial charge is 0.309 e. The Bertz CT molecular complexity index is 2150. The van der Waals surface area contributed by atoms with Gasteiger partial charge in [-0.25, -0.2) is 0 Å². The summed E-state index contributed by atoms with van der Waals surface area (Å²) in [5.74, 6) is 0. The minimum absolute atomic E-state index is 0.0787. The van der Waals surface area contributed by atoms with Crippen LogP contribution in [0.4, 0.5) is 0 Å². The highest BCUT2D eigenvalue weighted by molar-refractivity contribution is 9.11. The van der Waals surface area contributed by atoms with Gasteiger partial charge in [0.05, 0.1) is 11.0 Å². The highest BCUT2D eigenvalue weighted by atomic mass is 79.9. The molecule has 0 fully saturated rings. The van der Waals surface area contributed by atoms with Gasteiger partial charge in [0.15, 0.2) is 0 Å². The molecule has 6 aromatic carbocycles. The molecule has 40 heavy (non-hydrogen) atoms. The fourth-order valence-corrected chi connectivity index (χ4v) is 8.08. The number of hydrogen-bond donors (Lipinski definition) is 0. The molecule has 0 N–H and O–H groups in total. The first-order valence-corrected chi connectivity index (χ1v) is 15.2. The zero-order valence-corrected chi connectivity index (χ0v) is 25.3. The molecule has 192 valence electrons. The van der Waals surface area contributed by atoms with Crippen LogP contribution in [0.25, 0.3) is 60.5 Å². The van der Waals surface area contributed by atoms with Crippen molar-refractivity contribution >= 4 is 64.4 Å². The summed E-state index contributed by atoms with van der Waals surface area (Å²) in [4.78, 5) is 0. The molecule has 1 nitrogen and oxygen atoms in total. The van der Waals surface area contributed by atoms with E-state index in [0.717, 1.165) is 8.95 Å². The van der Waals surface area contributed by atoms with E-state index in [-0.39, 0.29) is 5.41 Å². The van der Waals surface area contributed by atoms with Gasteiger partial charge in [-0.15, -0.1) is 0 Å². The molecule has 0 saturated heterocycles. The van der Waals surface area contributed by atoms with E-state index >= 15 is 0 Å². The number of hydrogen-bond acceptors (Lipinski definition) is 0. The van der Waals surface area contributed by atoms with Gasteiger partial charge in [-0.2, -0.15) is 0 Å². The van der Waals surface area contributed by atoms with Crippen molar-refractivity contribution in [2.24, 2.45) is 0 Å². The van der Waals surface area contributed by atoms with Gasteiger partial charge in [-0.05, 0) is 92.7 Å². The Labute approximate surface area is 250 Å². The predicted octanol–water partition coefficient (Wildman–Crippen LogP) is 11.4. The first-order valence-electron chi connectivity index (χ1n) is 13.6. The topological polar surface area (TPSA) is 4.93 Å². The van der Waals surface area contributed by atoms with Gasteiger partial charge in [0, 0.05) is 30.8 Å². The zero-order chi connectivity index (χ0) is 27.2. The van der Waals surface area contributed by atoms with Crippen molar-refractivity contribution in [1.82, 2.24) is 4.57 Å². The Morgan fingerprint density at radius 2 is 1.27 bits per heavy atom. The highest BCUT2D eigenvalue weighted by Crippen LogP contribution is 2.52. The number of rotatable bonds is 2. The standard InChI is InChI=1S/C37H25Br2N/c1-37(2)32-15-11-22-7-3-4-8-28(22)36(32)30-14-13-27(21-33(30)37)40-34-10-6-5-9-29(34)31-19-23(12-16-35(31)40)24-17-25(38)20-26(39)18-24/h3-21H,1-2H3. The fraction of sp³-hybridized carbons (Fsp3) is 0.0811. The van der Waals surface area contributed by atoms with E-state index in [9.17, 15) is 0 Å². The Kier molecular flexibility index (Phi) is 5.24. The van der Waals surface area contributed by atoms with Gasteiger partial charge in [-0.1, -0.05) is 112 Å². The van der Waals surface area contributed by atoms with E-state index in [1.807, 2.05) is 0 Å². The van der Waals surface area contributed by atoms with Gasteiger partial charge >= 0.3 is 0 Å². The third kappa shape index (κ3) is 3.44. The van der Waals surface area contributed by atoms with E-state index in [2.05, 4.69) is 166 Å². The second-order valence-electron chi connectivity index (χ2n) is 11.3. The van der Waals surface area contributed by atoms with Gasteiger partial charge in [-0.3, -0.25) is 0 Å². The molecular weight excluding hydrogens is 618 g/mol. The number of para-hydroxylation sites is 1. The summed E-state index contributed by atoms with van der Waals surface area (Å²) in [6, 6.07) is 42.5. The number of fused-ring (bicyclic) bond motifs is 8. The summed E-state index contributed by atoms with van der Waals surface area (Å²) in [6.45, 7) is 4.73. The lowest BCUT2D eigenvalue weighted by Crippen LogP contribution is -2.15. The molecule has 0 unspecified atom stereocenters. The molecule has 0 spiro atoms. The molecular formula is C37H25Br2N. The summed E-state index contributed by atoms with van der Waals surface area (Å²) < 4.78 is 4.56. The second-order valence-corrected chi connectivity index (χ2v) is 13.1.